The van der Waals surface area contributed by atoms with E-state index in [4.69, 9.17) is 21.8 Å². The summed E-state index contributed by atoms with van der Waals surface area (Å²) in [5, 5.41) is 18.4. The minimum absolute atomic E-state index is 0.190. The molecule has 3 heteroatoms. The van der Waals surface area contributed by atoms with Crippen molar-refractivity contribution in [3.63, 3.8) is 0 Å². The van der Waals surface area contributed by atoms with E-state index in [0.717, 1.165) is 5.56 Å². The van der Waals surface area contributed by atoms with Crippen molar-refractivity contribution in [2.24, 2.45) is 0 Å². The third kappa shape index (κ3) is 3.35. The molecule has 1 rings (SSSR count). The predicted molar refractivity (Wildman–Crippen MR) is 52.9 cm³/mol. The van der Waals surface area contributed by atoms with E-state index in [1.807, 2.05) is 24.3 Å². The number of hydrogen-bond acceptors (Lipinski definition) is 2. The summed E-state index contributed by atoms with van der Waals surface area (Å²) in [6.45, 7) is -0.190. The number of aliphatic hydroxyl groups excluding tert-OH is 2. The Morgan fingerprint density at radius 2 is 2.00 bits per heavy atom. The Morgan fingerprint density at radius 1 is 1.31 bits per heavy atom. The van der Waals surface area contributed by atoms with Crippen LogP contribution in [0, 0.1) is 0 Å². The normalized spacial score (nSPS) is 12.8. The molecule has 0 spiro atoms. The van der Waals surface area contributed by atoms with Crippen LogP contribution in [0.2, 0.25) is 5.02 Å². The molecule has 2 N–H and O–H groups in total. The maximum absolute atomic E-state index is 9.12. The van der Waals surface area contributed by atoms with Gasteiger partial charge in [-0.25, -0.2) is 0 Å². The summed E-state index contributed by atoms with van der Waals surface area (Å²) in [4.78, 5) is 0. The third-order valence-electron chi connectivity index (χ3n) is 1.92. The molecule has 0 aliphatic carbocycles. The molecule has 0 saturated carbocycles. The lowest BCUT2D eigenvalue weighted by Crippen LogP contribution is -2.12. The van der Waals surface area contributed by atoms with Gasteiger partial charge in [0.25, 0.3) is 0 Å². The van der Waals surface area contributed by atoms with Gasteiger partial charge in [0.05, 0.1) is 12.7 Å². The van der Waals surface area contributed by atoms with Crippen LogP contribution in [0.3, 0.4) is 0 Å². The lowest BCUT2D eigenvalue weighted by Gasteiger charge is -2.07. The van der Waals surface area contributed by atoms with E-state index in [-0.39, 0.29) is 6.61 Å². The molecular formula is C10H13ClO2. The zero-order valence-electron chi connectivity index (χ0n) is 7.28. The Labute approximate surface area is 82.8 Å². The fourth-order valence-corrected chi connectivity index (χ4v) is 1.34. The fourth-order valence-electron chi connectivity index (χ4n) is 1.11. The lowest BCUT2D eigenvalue weighted by atomic mass is 10.1. The van der Waals surface area contributed by atoms with Gasteiger partial charge >= 0.3 is 0 Å². The van der Waals surface area contributed by atoms with Gasteiger partial charge in [0, 0.05) is 5.02 Å². The molecule has 0 aromatic heterocycles. The smallest absolute Gasteiger partial charge is 0.0774 e. The number of halogens is 1. The molecular weight excluding hydrogens is 188 g/mol. The van der Waals surface area contributed by atoms with Crippen molar-refractivity contribution in [1.29, 1.82) is 0 Å². The SMILES string of the molecule is OC[C@@H](O)CCc1ccccc1Cl. The molecule has 1 aromatic rings. The molecule has 0 aliphatic heterocycles. The highest BCUT2D eigenvalue weighted by atomic mass is 35.5. The minimum atomic E-state index is -0.642. The first kappa shape index (κ1) is 10.5. The molecule has 0 aliphatic rings. The number of aliphatic hydroxyl groups is 2. The largest absolute Gasteiger partial charge is 0.394 e. The molecule has 1 aromatic carbocycles. The Hall–Kier alpha value is -0.570. The van der Waals surface area contributed by atoms with Gasteiger partial charge in [-0.05, 0) is 24.5 Å². The van der Waals surface area contributed by atoms with Crippen molar-refractivity contribution in [1.82, 2.24) is 0 Å². The van der Waals surface area contributed by atoms with E-state index >= 15 is 0 Å². The van der Waals surface area contributed by atoms with Gasteiger partial charge in [0.2, 0.25) is 0 Å². The quantitative estimate of drug-likeness (QED) is 0.776. The highest BCUT2D eigenvalue weighted by Crippen LogP contribution is 2.16. The van der Waals surface area contributed by atoms with Crippen molar-refractivity contribution in [3.05, 3.63) is 34.9 Å². The van der Waals surface area contributed by atoms with Crippen LogP contribution in [0.25, 0.3) is 0 Å². The molecule has 2 nitrogen and oxygen atoms in total. The molecule has 0 heterocycles. The summed E-state index contributed by atoms with van der Waals surface area (Å²) >= 11 is 5.91. The second kappa shape index (κ2) is 5.22. The molecule has 72 valence electrons. The van der Waals surface area contributed by atoms with Crippen LogP contribution in [-0.2, 0) is 6.42 Å². The number of hydrogen-bond donors (Lipinski definition) is 2. The summed E-state index contributed by atoms with van der Waals surface area (Å²) in [7, 11) is 0. The summed E-state index contributed by atoms with van der Waals surface area (Å²) in [5.74, 6) is 0. The standard InChI is InChI=1S/C10H13ClO2/c11-10-4-2-1-3-8(10)5-6-9(13)7-12/h1-4,9,12-13H,5-7H2/t9-/m0/s1. The number of benzene rings is 1. The van der Waals surface area contributed by atoms with E-state index in [0.29, 0.717) is 17.9 Å². The summed E-state index contributed by atoms with van der Waals surface area (Å²) in [6.07, 6.45) is 0.595. The van der Waals surface area contributed by atoms with Crippen LogP contribution in [0.4, 0.5) is 0 Å². The molecule has 0 bridgehead atoms. The summed E-state index contributed by atoms with van der Waals surface area (Å²) in [5.41, 5.74) is 1.01. The Balaban J connectivity index is 2.50. The maximum atomic E-state index is 9.12. The first-order chi connectivity index (χ1) is 6.24. The summed E-state index contributed by atoms with van der Waals surface area (Å²) in [6, 6.07) is 7.52. The molecule has 13 heavy (non-hydrogen) atoms. The van der Waals surface area contributed by atoms with Crippen molar-refractivity contribution in [2.75, 3.05) is 6.61 Å². The first-order valence-electron chi connectivity index (χ1n) is 4.26. The number of aryl methyl sites for hydroxylation is 1. The van der Waals surface area contributed by atoms with Crippen LogP contribution in [0.15, 0.2) is 24.3 Å². The van der Waals surface area contributed by atoms with Crippen molar-refractivity contribution in [3.8, 4) is 0 Å². The molecule has 0 radical (unpaired) electrons. The van der Waals surface area contributed by atoms with E-state index < -0.39 is 6.10 Å². The van der Waals surface area contributed by atoms with E-state index in [1.165, 1.54) is 0 Å². The van der Waals surface area contributed by atoms with Crippen LogP contribution in [0.5, 0.6) is 0 Å². The highest BCUT2D eigenvalue weighted by Gasteiger charge is 2.04. The Kier molecular flexibility index (Phi) is 4.22. The third-order valence-corrected chi connectivity index (χ3v) is 2.28. The van der Waals surface area contributed by atoms with Gasteiger partial charge in [0.15, 0.2) is 0 Å². The molecule has 0 fully saturated rings. The molecule has 0 amide bonds. The average Bonchev–Trinajstić information content (AvgIpc) is 2.16. The Bertz CT molecular complexity index is 263. The zero-order chi connectivity index (χ0) is 9.68. The predicted octanol–water partition coefficient (Wildman–Crippen LogP) is 1.63. The van der Waals surface area contributed by atoms with Crippen LogP contribution in [-0.4, -0.2) is 22.9 Å². The highest BCUT2D eigenvalue weighted by molar-refractivity contribution is 6.31. The number of rotatable bonds is 4. The van der Waals surface area contributed by atoms with Crippen LogP contribution in [0.1, 0.15) is 12.0 Å². The van der Waals surface area contributed by atoms with Crippen LogP contribution < -0.4 is 0 Å². The zero-order valence-corrected chi connectivity index (χ0v) is 8.04. The van der Waals surface area contributed by atoms with Crippen LogP contribution >= 0.6 is 11.6 Å². The first-order valence-corrected chi connectivity index (χ1v) is 4.64. The maximum Gasteiger partial charge on any atom is 0.0774 e. The fraction of sp³-hybridized carbons (Fsp3) is 0.400. The summed E-state index contributed by atoms with van der Waals surface area (Å²) < 4.78 is 0. The average molecular weight is 201 g/mol. The van der Waals surface area contributed by atoms with Crippen molar-refractivity contribution >= 4 is 11.6 Å². The van der Waals surface area contributed by atoms with E-state index in [1.54, 1.807) is 0 Å². The Morgan fingerprint density at radius 3 is 2.62 bits per heavy atom. The monoisotopic (exact) mass is 200 g/mol. The topological polar surface area (TPSA) is 40.5 Å². The van der Waals surface area contributed by atoms with Gasteiger partial charge in [-0.2, -0.15) is 0 Å². The molecule has 0 unspecified atom stereocenters. The van der Waals surface area contributed by atoms with Crippen molar-refractivity contribution in [2.45, 2.75) is 18.9 Å². The van der Waals surface area contributed by atoms with Gasteiger partial charge < -0.3 is 10.2 Å². The second-order valence-corrected chi connectivity index (χ2v) is 3.37. The van der Waals surface area contributed by atoms with E-state index in [9.17, 15) is 0 Å². The van der Waals surface area contributed by atoms with Gasteiger partial charge in [0.1, 0.15) is 0 Å². The van der Waals surface area contributed by atoms with Gasteiger partial charge in [-0.1, -0.05) is 29.8 Å². The van der Waals surface area contributed by atoms with E-state index in [2.05, 4.69) is 0 Å². The second-order valence-electron chi connectivity index (χ2n) is 2.97. The van der Waals surface area contributed by atoms with Gasteiger partial charge in [-0.15, -0.1) is 0 Å². The minimum Gasteiger partial charge on any atom is -0.394 e. The lowest BCUT2D eigenvalue weighted by molar-refractivity contribution is 0.0886. The van der Waals surface area contributed by atoms with Crippen molar-refractivity contribution < 1.29 is 10.2 Å². The molecule has 1 atom stereocenters. The molecule has 0 saturated heterocycles. The van der Waals surface area contributed by atoms with Gasteiger partial charge in [-0.3, -0.25) is 0 Å².